The van der Waals surface area contributed by atoms with Crippen molar-refractivity contribution in [3.63, 3.8) is 0 Å². The Kier molecular flexibility index (Phi) is 4.85. The summed E-state index contributed by atoms with van der Waals surface area (Å²) in [6.45, 7) is 0. The first-order valence-corrected chi connectivity index (χ1v) is 5.74. The minimum absolute atomic E-state index is 0.0620. The third kappa shape index (κ3) is 4.17. The van der Waals surface area contributed by atoms with Crippen molar-refractivity contribution < 1.29 is 24.6 Å². The van der Waals surface area contributed by atoms with Crippen molar-refractivity contribution in [3.05, 3.63) is 28.2 Å². The fraction of sp³-hybridized carbons (Fsp3) is 0.182. The lowest BCUT2D eigenvalue weighted by Gasteiger charge is -2.08. The van der Waals surface area contributed by atoms with E-state index in [-0.39, 0.29) is 24.1 Å². The Morgan fingerprint density at radius 3 is 2.39 bits per heavy atom. The highest BCUT2D eigenvalue weighted by Crippen LogP contribution is 2.21. The van der Waals surface area contributed by atoms with Gasteiger partial charge in [0.25, 0.3) is 0 Å². The first-order chi connectivity index (χ1) is 8.40. The number of carbonyl (C=O) groups is 3. The zero-order chi connectivity index (χ0) is 13.7. The van der Waals surface area contributed by atoms with E-state index in [1.54, 1.807) is 6.07 Å². The lowest BCUT2D eigenvalue weighted by molar-refractivity contribution is -0.138. The minimum Gasteiger partial charge on any atom is -0.481 e. The fourth-order valence-corrected chi connectivity index (χ4v) is 1.60. The third-order valence-corrected chi connectivity index (χ3v) is 2.55. The smallest absolute Gasteiger partial charge is 0.337 e. The summed E-state index contributed by atoms with van der Waals surface area (Å²) >= 11 is 3.13. The van der Waals surface area contributed by atoms with E-state index < -0.39 is 17.8 Å². The van der Waals surface area contributed by atoms with Gasteiger partial charge in [-0.2, -0.15) is 0 Å². The molecule has 0 unspecified atom stereocenters. The van der Waals surface area contributed by atoms with Gasteiger partial charge < -0.3 is 15.5 Å². The second kappa shape index (κ2) is 6.15. The summed E-state index contributed by atoms with van der Waals surface area (Å²) in [6.07, 6.45) is -0.505. The van der Waals surface area contributed by atoms with Crippen molar-refractivity contribution in [2.75, 3.05) is 5.32 Å². The molecule has 3 N–H and O–H groups in total. The average molecular weight is 316 g/mol. The number of aliphatic carboxylic acids is 1. The highest BCUT2D eigenvalue weighted by atomic mass is 79.9. The van der Waals surface area contributed by atoms with Crippen LogP contribution < -0.4 is 5.32 Å². The van der Waals surface area contributed by atoms with Crippen molar-refractivity contribution in [2.45, 2.75) is 12.8 Å². The molecule has 0 aliphatic carbocycles. The predicted octanol–water partition coefficient (Wildman–Crippen LogP) is 1.95. The van der Waals surface area contributed by atoms with Crippen LogP contribution in [-0.2, 0) is 9.59 Å². The Hall–Kier alpha value is -1.89. The normalized spacial score (nSPS) is 9.83. The van der Waals surface area contributed by atoms with Crippen molar-refractivity contribution >= 4 is 39.5 Å². The van der Waals surface area contributed by atoms with E-state index in [0.717, 1.165) is 0 Å². The Morgan fingerprint density at radius 2 is 1.83 bits per heavy atom. The molecule has 0 radical (unpaired) electrons. The van der Waals surface area contributed by atoms with Gasteiger partial charge in [-0.3, -0.25) is 9.59 Å². The molecule has 0 fully saturated rings. The molecule has 0 saturated heterocycles. The Balaban J connectivity index is 2.81. The topological polar surface area (TPSA) is 104 Å². The molecular weight excluding hydrogens is 306 g/mol. The number of nitrogens with one attached hydrogen (secondary N) is 1. The zero-order valence-electron chi connectivity index (χ0n) is 9.14. The molecular formula is C11H10BrNO5. The number of hydrogen-bond acceptors (Lipinski definition) is 3. The number of carboxylic acid groups (broad SMARTS) is 2. The van der Waals surface area contributed by atoms with Crippen LogP contribution in [-0.4, -0.2) is 28.1 Å². The Bertz CT molecular complexity index is 500. The standard InChI is InChI=1S/C11H10BrNO5/c12-6-1-2-8(7(5-6)11(17)18)13-9(14)3-4-10(15)16/h1-2,5H,3-4H2,(H,13,14)(H,15,16)(H,17,18). The van der Waals surface area contributed by atoms with E-state index >= 15 is 0 Å². The van der Waals surface area contributed by atoms with Crippen molar-refractivity contribution in [3.8, 4) is 0 Å². The lowest BCUT2D eigenvalue weighted by atomic mass is 10.1. The fourth-order valence-electron chi connectivity index (χ4n) is 1.24. The van der Waals surface area contributed by atoms with Crippen LogP contribution in [0.1, 0.15) is 23.2 Å². The SMILES string of the molecule is O=C(O)CCC(=O)Nc1ccc(Br)cc1C(=O)O. The summed E-state index contributed by atoms with van der Waals surface area (Å²) in [5.41, 5.74) is 0.0779. The second-order valence-electron chi connectivity index (χ2n) is 3.44. The van der Waals surface area contributed by atoms with E-state index in [1.165, 1.54) is 12.1 Å². The molecule has 7 heteroatoms. The summed E-state index contributed by atoms with van der Waals surface area (Å²) in [5.74, 6) is -2.80. The quantitative estimate of drug-likeness (QED) is 0.770. The van der Waals surface area contributed by atoms with E-state index in [1.807, 2.05) is 0 Å². The van der Waals surface area contributed by atoms with Crippen LogP contribution in [0.25, 0.3) is 0 Å². The van der Waals surface area contributed by atoms with E-state index in [4.69, 9.17) is 10.2 Å². The Labute approximate surface area is 111 Å². The van der Waals surface area contributed by atoms with Gasteiger partial charge >= 0.3 is 11.9 Å². The highest BCUT2D eigenvalue weighted by Gasteiger charge is 2.13. The molecule has 0 aromatic heterocycles. The van der Waals surface area contributed by atoms with Crippen LogP contribution in [0.3, 0.4) is 0 Å². The van der Waals surface area contributed by atoms with Crippen molar-refractivity contribution in [1.82, 2.24) is 0 Å². The molecule has 1 aromatic carbocycles. The summed E-state index contributed by atoms with van der Waals surface area (Å²) in [4.78, 5) is 32.6. The molecule has 1 aromatic rings. The average Bonchev–Trinajstić information content (AvgIpc) is 2.28. The number of anilines is 1. The first-order valence-electron chi connectivity index (χ1n) is 4.94. The number of carbonyl (C=O) groups excluding carboxylic acids is 1. The molecule has 96 valence electrons. The van der Waals surface area contributed by atoms with Gasteiger partial charge in [0, 0.05) is 10.9 Å². The van der Waals surface area contributed by atoms with Crippen LogP contribution in [0, 0.1) is 0 Å². The van der Waals surface area contributed by atoms with E-state index in [0.29, 0.717) is 4.47 Å². The summed E-state index contributed by atoms with van der Waals surface area (Å²) < 4.78 is 0.573. The molecule has 0 saturated carbocycles. The van der Waals surface area contributed by atoms with Crippen LogP contribution in [0.5, 0.6) is 0 Å². The summed E-state index contributed by atoms with van der Waals surface area (Å²) in [6, 6.07) is 4.38. The second-order valence-corrected chi connectivity index (χ2v) is 4.35. The first kappa shape index (κ1) is 14.2. The maximum atomic E-state index is 11.4. The molecule has 1 amide bonds. The number of rotatable bonds is 5. The molecule has 0 aliphatic rings. The number of aromatic carboxylic acids is 1. The van der Waals surface area contributed by atoms with Crippen LogP contribution in [0.15, 0.2) is 22.7 Å². The predicted molar refractivity (Wildman–Crippen MR) is 66.6 cm³/mol. The number of amides is 1. The van der Waals surface area contributed by atoms with Gasteiger partial charge in [-0.25, -0.2) is 4.79 Å². The molecule has 0 heterocycles. The van der Waals surface area contributed by atoms with Gasteiger partial charge in [0.1, 0.15) is 0 Å². The number of halogens is 1. The zero-order valence-corrected chi connectivity index (χ0v) is 10.7. The molecule has 1 rings (SSSR count). The van der Waals surface area contributed by atoms with E-state index in [2.05, 4.69) is 21.2 Å². The Morgan fingerprint density at radius 1 is 1.17 bits per heavy atom. The van der Waals surface area contributed by atoms with Crippen LogP contribution in [0.2, 0.25) is 0 Å². The van der Waals surface area contributed by atoms with Gasteiger partial charge in [0.05, 0.1) is 17.7 Å². The van der Waals surface area contributed by atoms with Crippen molar-refractivity contribution in [1.29, 1.82) is 0 Å². The van der Waals surface area contributed by atoms with Gasteiger partial charge in [-0.15, -0.1) is 0 Å². The maximum Gasteiger partial charge on any atom is 0.337 e. The van der Waals surface area contributed by atoms with Gasteiger partial charge in [0.15, 0.2) is 0 Å². The molecule has 0 atom stereocenters. The minimum atomic E-state index is -1.18. The highest BCUT2D eigenvalue weighted by molar-refractivity contribution is 9.10. The monoisotopic (exact) mass is 315 g/mol. The molecule has 6 nitrogen and oxygen atoms in total. The number of benzene rings is 1. The summed E-state index contributed by atoms with van der Waals surface area (Å²) in [5, 5.41) is 19.8. The molecule has 18 heavy (non-hydrogen) atoms. The molecule has 0 bridgehead atoms. The van der Waals surface area contributed by atoms with E-state index in [9.17, 15) is 14.4 Å². The number of hydrogen-bond donors (Lipinski definition) is 3. The molecule has 0 spiro atoms. The van der Waals surface area contributed by atoms with Crippen LogP contribution >= 0.6 is 15.9 Å². The molecule has 0 aliphatic heterocycles. The number of carboxylic acids is 2. The van der Waals surface area contributed by atoms with Crippen LogP contribution in [0.4, 0.5) is 5.69 Å². The third-order valence-electron chi connectivity index (χ3n) is 2.05. The largest absolute Gasteiger partial charge is 0.481 e. The van der Waals surface area contributed by atoms with Crippen molar-refractivity contribution in [2.24, 2.45) is 0 Å². The summed E-state index contributed by atoms with van der Waals surface area (Å²) in [7, 11) is 0. The lowest BCUT2D eigenvalue weighted by Crippen LogP contribution is -2.15. The maximum absolute atomic E-state index is 11.4. The van der Waals surface area contributed by atoms with Gasteiger partial charge in [0.2, 0.25) is 5.91 Å². The van der Waals surface area contributed by atoms with Gasteiger partial charge in [-0.1, -0.05) is 15.9 Å². The van der Waals surface area contributed by atoms with Gasteiger partial charge in [-0.05, 0) is 18.2 Å².